The predicted octanol–water partition coefficient (Wildman–Crippen LogP) is 3.28. The molecule has 26 heavy (non-hydrogen) atoms. The van der Waals surface area contributed by atoms with Gasteiger partial charge in [0.1, 0.15) is 5.82 Å². The van der Waals surface area contributed by atoms with Crippen molar-refractivity contribution in [2.24, 2.45) is 5.92 Å². The van der Waals surface area contributed by atoms with E-state index in [9.17, 15) is 4.79 Å². The van der Waals surface area contributed by atoms with E-state index in [-0.39, 0.29) is 5.92 Å². The molecular formula is C20H26N4OS. The van der Waals surface area contributed by atoms with E-state index in [1.54, 1.807) is 0 Å². The number of aryl methyl sites for hydroxylation is 1. The first-order valence-corrected chi connectivity index (χ1v) is 10.4. The van der Waals surface area contributed by atoms with Gasteiger partial charge in [-0.05, 0) is 38.2 Å². The summed E-state index contributed by atoms with van der Waals surface area (Å²) in [6.45, 7) is 5.82. The molecule has 2 fully saturated rings. The summed E-state index contributed by atoms with van der Waals surface area (Å²) >= 11 is 1.48. The van der Waals surface area contributed by atoms with Gasteiger partial charge in [-0.15, -0.1) is 0 Å². The Labute approximate surface area is 159 Å². The third-order valence-electron chi connectivity index (χ3n) is 5.47. The number of aromatic nitrogens is 2. The molecule has 1 amide bonds. The van der Waals surface area contributed by atoms with E-state index < -0.39 is 0 Å². The zero-order valence-corrected chi connectivity index (χ0v) is 16.2. The fraction of sp³-hybridized carbons (Fsp3) is 0.550. The Bertz CT molecular complexity index is 743. The lowest BCUT2D eigenvalue weighted by Gasteiger charge is -2.32. The maximum atomic E-state index is 12.6. The topological polar surface area (TPSA) is 49.3 Å². The molecule has 0 unspecified atom stereocenters. The molecule has 0 spiro atoms. The molecule has 0 aliphatic carbocycles. The van der Waals surface area contributed by atoms with E-state index >= 15 is 0 Å². The van der Waals surface area contributed by atoms with Crippen LogP contribution in [0, 0.1) is 12.8 Å². The number of likely N-dealkylation sites (tertiary alicyclic amines) is 1. The first kappa shape index (κ1) is 17.5. The molecule has 2 aliphatic rings. The molecule has 1 aromatic heterocycles. The molecule has 2 aliphatic heterocycles. The van der Waals surface area contributed by atoms with E-state index in [2.05, 4.69) is 45.4 Å². The average Bonchev–Trinajstić information content (AvgIpc) is 3.35. The van der Waals surface area contributed by atoms with Crippen molar-refractivity contribution in [3.8, 4) is 0 Å². The lowest BCUT2D eigenvalue weighted by atomic mass is 9.95. The normalized spacial score (nSPS) is 18.5. The molecular weight excluding hydrogens is 344 g/mol. The fourth-order valence-electron chi connectivity index (χ4n) is 3.85. The van der Waals surface area contributed by atoms with Gasteiger partial charge in [0.2, 0.25) is 11.0 Å². The largest absolute Gasteiger partial charge is 0.347 e. The van der Waals surface area contributed by atoms with Crippen LogP contribution in [0.2, 0.25) is 0 Å². The second-order valence-electron chi connectivity index (χ2n) is 7.45. The molecule has 0 saturated carbocycles. The highest BCUT2D eigenvalue weighted by atomic mass is 32.1. The standard InChI is InChI=1S/C20H26N4OS/c1-15-4-6-16(7-5-15)14-18-21-20(26-22-18)24-12-8-17(9-13-24)19(25)23-10-2-3-11-23/h4-7,17H,2-3,8-14H2,1H3. The number of amides is 1. The first-order valence-electron chi connectivity index (χ1n) is 9.61. The smallest absolute Gasteiger partial charge is 0.225 e. The van der Waals surface area contributed by atoms with Gasteiger partial charge in [0, 0.05) is 50.1 Å². The molecule has 1 aromatic carbocycles. The van der Waals surface area contributed by atoms with Gasteiger partial charge in [-0.3, -0.25) is 4.79 Å². The molecule has 3 heterocycles. The number of hydrogen-bond donors (Lipinski definition) is 0. The minimum atomic E-state index is 0.198. The van der Waals surface area contributed by atoms with Crippen molar-refractivity contribution >= 4 is 22.6 Å². The van der Waals surface area contributed by atoms with Gasteiger partial charge >= 0.3 is 0 Å². The quantitative estimate of drug-likeness (QED) is 0.829. The van der Waals surface area contributed by atoms with E-state index in [1.165, 1.54) is 35.5 Å². The van der Waals surface area contributed by atoms with Crippen LogP contribution in [0.15, 0.2) is 24.3 Å². The number of carbonyl (C=O) groups excluding carboxylic acids is 1. The highest BCUT2D eigenvalue weighted by Gasteiger charge is 2.30. The van der Waals surface area contributed by atoms with Crippen molar-refractivity contribution in [3.05, 3.63) is 41.2 Å². The molecule has 0 bridgehead atoms. The number of anilines is 1. The second-order valence-corrected chi connectivity index (χ2v) is 8.18. The van der Waals surface area contributed by atoms with Crippen LogP contribution in [-0.4, -0.2) is 46.3 Å². The summed E-state index contributed by atoms with van der Waals surface area (Å²) < 4.78 is 4.54. The van der Waals surface area contributed by atoms with Crippen molar-refractivity contribution in [3.63, 3.8) is 0 Å². The zero-order valence-electron chi connectivity index (χ0n) is 15.4. The number of hydrogen-bond acceptors (Lipinski definition) is 5. The molecule has 0 N–H and O–H groups in total. The van der Waals surface area contributed by atoms with Gasteiger partial charge in [0.05, 0.1) is 0 Å². The van der Waals surface area contributed by atoms with Crippen LogP contribution in [0.4, 0.5) is 5.13 Å². The lowest BCUT2D eigenvalue weighted by Crippen LogP contribution is -2.41. The number of rotatable bonds is 4. The van der Waals surface area contributed by atoms with Gasteiger partial charge in [0.25, 0.3) is 0 Å². The summed E-state index contributed by atoms with van der Waals surface area (Å²) in [5.41, 5.74) is 2.52. The Hall–Kier alpha value is -1.95. The summed E-state index contributed by atoms with van der Waals surface area (Å²) in [6.07, 6.45) is 4.98. The van der Waals surface area contributed by atoms with E-state index in [4.69, 9.17) is 4.98 Å². The molecule has 138 valence electrons. The third-order valence-corrected chi connectivity index (χ3v) is 6.29. The van der Waals surface area contributed by atoms with Crippen molar-refractivity contribution in [2.45, 2.75) is 39.0 Å². The van der Waals surface area contributed by atoms with Crippen molar-refractivity contribution in [2.75, 3.05) is 31.1 Å². The Morgan fingerprint density at radius 1 is 1.12 bits per heavy atom. The summed E-state index contributed by atoms with van der Waals surface area (Å²) in [5.74, 6) is 1.47. The SMILES string of the molecule is Cc1ccc(Cc2nsc(N3CCC(C(=O)N4CCCC4)CC3)n2)cc1. The van der Waals surface area contributed by atoms with Crippen LogP contribution >= 0.6 is 11.5 Å². The van der Waals surface area contributed by atoms with E-state index in [1.807, 2.05) is 0 Å². The Kier molecular flexibility index (Phi) is 5.20. The number of piperidine rings is 1. The first-order chi connectivity index (χ1) is 12.7. The molecule has 6 heteroatoms. The minimum Gasteiger partial charge on any atom is -0.347 e. The Morgan fingerprint density at radius 3 is 2.50 bits per heavy atom. The van der Waals surface area contributed by atoms with Gasteiger partial charge in [-0.1, -0.05) is 29.8 Å². The van der Waals surface area contributed by atoms with E-state index in [0.29, 0.717) is 5.91 Å². The average molecular weight is 371 g/mol. The monoisotopic (exact) mass is 370 g/mol. The van der Waals surface area contributed by atoms with Crippen LogP contribution in [0.1, 0.15) is 42.6 Å². The fourth-order valence-corrected chi connectivity index (χ4v) is 4.58. The Balaban J connectivity index is 1.32. The van der Waals surface area contributed by atoms with Crippen LogP contribution in [-0.2, 0) is 11.2 Å². The molecule has 0 atom stereocenters. The molecule has 2 aromatic rings. The van der Waals surface area contributed by atoms with Crippen molar-refractivity contribution in [1.82, 2.24) is 14.3 Å². The van der Waals surface area contributed by atoms with Crippen molar-refractivity contribution < 1.29 is 4.79 Å². The second kappa shape index (κ2) is 7.74. The molecule has 0 radical (unpaired) electrons. The molecule has 4 rings (SSSR count). The van der Waals surface area contributed by atoms with Crippen LogP contribution in [0.3, 0.4) is 0 Å². The summed E-state index contributed by atoms with van der Waals surface area (Å²) in [4.78, 5) is 21.6. The van der Waals surface area contributed by atoms with Crippen LogP contribution in [0.25, 0.3) is 0 Å². The number of nitrogens with zero attached hydrogens (tertiary/aromatic N) is 4. The van der Waals surface area contributed by atoms with Gasteiger partial charge in [-0.25, -0.2) is 4.98 Å². The maximum absolute atomic E-state index is 12.6. The Morgan fingerprint density at radius 2 is 1.81 bits per heavy atom. The third kappa shape index (κ3) is 3.90. The number of benzene rings is 1. The van der Waals surface area contributed by atoms with Crippen LogP contribution in [0.5, 0.6) is 0 Å². The van der Waals surface area contributed by atoms with Crippen LogP contribution < -0.4 is 4.90 Å². The zero-order chi connectivity index (χ0) is 17.9. The number of carbonyl (C=O) groups is 1. The summed E-state index contributed by atoms with van der Waals surface area (Å²) in [6, 6.07) is 8.55. The van der Waals surface area contributed by atoms with Gasteiger partial charge < -0.3 is 9.80 Å². The van der Waals surface area contributed by atoms with Gasteiger partial charge in [0.15, 0.2) is 0 Å². The highest BCUT2D eigenvalue weighted by molar-refractivity contribution is 7.09. The predicted molar refractivity (Wildman–Crippen MR) is 105 cm³/mol. The molecule has 5 nitrogen and oxygen atoms in total. The van der Waals surface area contributed by atoms with E-state index in [0.717, 1.165) is 56.4 Å². The maximum Gasteiger partial charge on any atom is 0.225 e. The highest BCUT2D eigenvalue weighted by Crippen LogP contribution is 2.27. The summed E-state index contributed by atoms with van der Waals surface area (Å²) in [5, 5.41) is 0.999. The van der Waals surface area contributed by atoms with Crippen molar-refractivity contribution in [1.29, 1.82) is 0 Å². The lowest BCUT2D eigenvalue weighted by molar-refractivity contribution is -0.135. The molecule has 2 saturated heterocycles. The summed E-state index contributed by atoms with van der Waals surface area (Å²) in [7, 11) is 0. The van der Waals surface area contributed by atoms with Gasteiger partial charge in [-0.2, -0.15) is 4.37 Å². The minimum absolute atomic E-state index is 0.198.